The Labute approximate surface area is 227 Å². The fourth-order valence-corrected chi connectivity index (χ4v) is 5.12. The van der Waals surface area contributed by atoms with Crippen LogP contribution in [0.1, 0.15) is 35.3 Å². The van der Waals surface area contributed by atoms with E-state index in [9.17, 15) is 18.0 Å². The molecule has 0 saturated heterocycles. The van der Waals surface area contributed by atoms with Crippen LogP contribution in [-0.2, 0) is 27.6 Å². The molecule has 0 bridgehead atoms. The number of likely N-dealkylation sites (N-methyl/N-ethyl adjacent to an activating group) is 1. The molecule has 1 aliphatic heterocycles. The molecule has 0 spiro atoms. The number of anilines is 1. The molecule has 1 atom stereocenters. The number of benzene rings is 2. The summed E-state index contributed by atoms with van der Waals surface area (Å²) in [7, 11) is -2.07. The predicted molar refractivity (Wildman–Crippen MR) is 146 cm³/mol. The molecule has 0 aliphatic carbocycles. The third-order valence-corrected chi connectivity index (χ3v) is 7.81. The highest BCUT2D eigenvalue weighted by Crippen LogP contribution is 2.31. The topological polar surface area (TPSA) is 118 Å². The van der Waals surface area contributed by atoms with Crippen LogP contribution in [0.4, 0.5) is 10.2 Å². The standard InChI is InChI=1S/C28H31FN4O5S/c1-5-21-22(8-10-24(26(21)29)39(4,36)37)28(35)33-12-13-38-23-9-6-18(14-20(23)16-33)19-7-11-25(31-15-19)32-27(34)17(2)30-3/h6-11,14-15,17,30H,5,12-13,16H2,1-4H3,(H,31,32,34)/t17-/m0/s1. The summed E-state index contributed by atoms with van der Waals surface area (Å²) in [6, 6.07) is 11.4. The lowest BCUT2D eigenvalue weighted by Gasteiger charge is -2.22. The van der Waals surface area contributed by atoms with Crippen molar-refractivity contribution in [3.05, 3.63) is 71.2 Å². The minimum absolute atomic E-state index is 0.0735. The zero-order valence-corrected chi connectivity index (χ0v) is 23.1. The van der Waals surface area contributed by atoms with Crippen molar-refractivity contribution in [2.24, 2.45) is 0 Å². The van der Waals surface area contributed by atoms with Gasteiger partial charge in [0.25, 0.3) is 5.91 Å². The second kappa shape index (κ2) is 11.5. The molecule has 1 aliphatic rings. The summed E-state index contributed by atoms with van der Waals surface area (Å²) in [6.07, 6.45) is 2.76. The Hall–Kier alpha value is -3.83. The number of hydrogen-bond acceptors (Lipinski definition) is 7. The van der Waals surface area contributed by atoms with Crippen LogP contribution >= 0.6 is 0 Å². The summed E-state index contributed by atoms with van der Waals surface area (Å²) in [6.45, 7) is 4.19. The Morgan fingerprint density at radius 3 is 2.54 bits per heavy atom. The Balaban J connectivity index is 1.59. The maximum atomic E-state index is 15.1. The van der Waals surface area contributed by atoms with Gasteiger partial charge in [-0.25, -0.2) is 17.8 Å². The Morgan fingerprint density at radius 2 is 1.90 bits per heavy atom. The van der Waals surface area contributed by atoms with Crippen molar-refractivity contribution in [2.45, 2.75) is 37.8 Å². The quantitative estimate of drug-likeness (QED) is 0.460. The molecular weight excluding hydrogens is 523 g/mol. The summed E-state index contributed by atoms with van der Waals surface area (Å²) >= 11 is 0. The number of nitrogens with zero attached hydrogens (tertiary/aromatic N) is 2. The van der Waals surface area contributed by atoms with E-state index in [-0.39, 0.29) is 49.2 Å². The van der Waals surface area contributed by atoms with Gasteiger partial charge in [0.1, 0.15) is 28.9 Å². The number of halogens is 1. The number of pyridine rings is 1. The molecule has 0 radical (unpaired) electrons. The van der Waals surface area contributed by atoms with E-state index in [0.29, 0.717) is 11.6 Å². The van der Waals surface area contributed by atoms with Crippen molar-refractivity contribution < 1.29 is 27.1 Å². The normalized spacial score (nSPS) is 14.1. The fourth-order valence-electron chi connectivity index (χ4n) is 4.35. The summed E-state index contributed by atoms with van der Waals surface area (Å²) < 4.78 is 44.9. The second-order valence-corrected chi connectivity index (χ2v) is 11.3. The van der Waals surface area contributed by atoms with E-state index < -0.39 is 26.5 Å². The maximum absolute atomic E-state index is 15.1. The van der Waals surface area contributed by atoms with Crippen molar-refractivity contribution in [1.29, 1.82) is 0 Å². The molecule has 2 amide bonds. The number of amides is 2. The van der Waals surface area contributed by atoms with Crippen LogP contribution in [-0.4, -0.2) is 62.6 Å². The van der Waals surface area contributed by atoms with Crippen LogP contribution in [0.25, 0.3) is 11.1 Å². The van der Waals surface area contributed by atoms with Gasteiger partial charge in [-0.3, -0.25) is 9.59 Å². The van der Waals surface area contributed by atoms with Crippen LogP contribution in [0.5, 0.6) is 5.75 Å². The van der Waals surface area contributed by atoms with E-state index >= 15 is 4.39 Å². The van der Waals surface area contributed by atoms with Gasteiger partial charge in [-0.2, -0.15) is 0 Å². The lowest BCUT2D eigenvalue weighted by molar-refractivity contribution is -0.117. The number of fused-ring (bicyclic) bond motifs is 1. The summed E-state index contributed by atoms with van der Waals surface area (Å²) in [5.74, 6) is -0.401. The zero-order chi connectivity index (χ0) is 28.3. The first-order valence-corrected chi connectivity index (χ1v) is 14.4. The first kappa shape index (κ1) is 28.2. The average molecular weight is 555 g/mol. The molecule has 39 heavy (non-hydrogen) atoms. The van der Waals surface area contributed by atoms with Crippen molar-refractivity contribution in [3.8, 4) is 16.9 Å². The fraction of sp³-hybridized carbons (Fsp3) is 0.321. The molecule has 3 aromatic rings. The van der Waals surface area contributed by atoms with Crippen LogP contribution in [0.15, 0.2) is 53.6 Å². The lowest BCUT2D eigenvalue weighted by Crippen LogP contribution is -2.35. The number of carbonyl (C=O) groups excluding carboxylic acids is 2. The molecule has 0 unspecified atom stereocenters. The van der Waals surface area contributed by atoms with Gasteiger partial charge in [0.2, 0.25) is 5.91 Å². The number of nitrogens with one attached hydrogen (secondary N) is 2. The number of ether oxygens (including phenoxy) is 1. The maximum Gasteiger partial charge on any atom is 0.254 e. The number of aromatic nitrogens is 1. The minimum atomic E-state index is -3.77. The van der Waals surface area contributed by atoms with Gasteiger partial charge in [0, 0.05) is 41.3 Å². The van der Waals surface area contributed by atoms with E-state index in [1.807, 2.05) is 24.3 Å². The van der Waals surface area contributed by atoms with Gasteiger partial charge in [-0.1, -0.05) is 13.0 Å². The van der Waals surface area contributed by atoms with Crippen LogP contribution in [0.3, 0.4) is 0 Å². The third kappa shape index (κ3) is 6.10. The molecule has 206 valence electrons. The zero-order valence-electron chi connectivity index (χ0n) is 22.2. The van der Waals surface area contributed by atoms with Crippen molar-refractivity contribution >= 4 is 27.5 Å². The van der Waals surface area contributed by atoms with E-state index in [2.05, 4.69) is 15.6 Å². The van der Waals surface area contributed by atoms with Crippen LogP contribution < -0.4 is 15.4 Å². The van der Waals surface area contributed by atoms with Crippen molar-refractivity contribution in [3.63, 3.8) is 0 Å². The number of rotatable bonds is 7. The van der Waals surface area contributed by atoms with Gasteiger partial charge in [-0.05, 0) is 62.4 Å². The second-order valence-electron chi connectivity index (χ2n) is 9.36. The minimum Gasteiger partial charge on any atom is -0.491 e. The van der Waals surface area contributed by atoms with Gasteiger partial charge in [-0.15, -0.1) is 0 Å². The average Bonchev–Trinajstić information content (AvgIpc) is 3.13. The van der Waals surface area contributed by atoms with Gasteiger partial charge >= 0.3 is 0 Å². The summed E-state index contributed by atoms with van der Waals surface area (Å²) in [5.41, 5.74) is 2.63. The molecule has 4 rings (SSSR count). The molecule has 1 aromatic heterocycles. The monoisotopic (exact) mass is 554 g/mol. The SMILES string of the molecule is CCc1c(C(=O)N2CCOc3ccc(-c4ccc(NC(=O)[C@H](C)NC)nc4)cc3C2)ccc(S(C)(=O)=O)c1F. The summed E-state index contributed by atoms with van der Waals surface area (Å²) in [4.78, 5) is 31.1. The van der Waals surface area contributed by atoms with Crippen molar-refractivity contribution in [2.75, 3.05) is 31.8 Å². The van der Waals surface area contributed by atoms with Crippen molar-refractivity contribution in [1.82, 2.24) is 15.2 Å². The van der Waals surface area contributed by atoms with Gasteiger partial charge in [0.15, 0.2) is 9.84 Å². The first-order valence-electron chi connectivity index (χ1n) is 12.5. The highest BCUT2D eigenvalue weighted by atomic mass is 32.2. The van der Waals surface area contributed by atoms with E-state index in [0.717, 1.165) is 29.0 Å². The number of sulfone groups is 1. The smallest absolute Gasteiger partial charge is 0.254 e. The molecule has 11 heteroatoms. The molecule has 2 N–H and O–H groups in total. The van der Waals surface area contributed by atoms with Gasteiger partial charge < -0.3 is 20.3 Å². The molecule has 0 saturated carbocycles. The number of hydrogen-bond donors (Lipinski definition) is 2. The molecule has 2 aromatic carbocycles. The Morgan fingerprint density at radius 1 is 1.15 bits per heavy atom. The molecule has 9 nitrogen and oxygen atoms in total. The summed E-state index contributed by atoms with van der Waals surface area (Å²) in [5, 5.41) is 5.62. The van der Waals surface area contributed by atoms with Crippen LogP contribution in [0.2, 0.25) is 0 Å². The predicted octanol–water partition coefficient (Wildman–Crippen LogP) is 3.43. The van der Waals surface area contributed by atoms with E-state index in [4.69, 9.17) is 4.74 Å². The Bertz CT molecular complexity index is 1510. The molecular formula is C28H31FN4O5S. The van der Waals surface area contributed by atoms with E-state index in [1.54, 1.807) is 38.1 Å². The molecule has 0 fully saturated rings. The largest absolute Gasteiger partial charge is 0.491 e. The van der Waals surface area contributed by atoms with Gasteiger partial charge in [0.05, 0.1) is 12.6 Å². The highest BCUT2D eigenvalue weighted by molar-refractivity contribution is 7.90. The highest BCUT2D eigenvalue weighted by Gasteiger charge is 2.27. The van der Waals surface area contributed by atoms with E-state index in [1.165, 1.54) is 6.07 Å². The van der Waals surface area contributed by atoms with Crippen LogP contribution in [0, 0.1) is 5.82 Å². The lowest BCUT2D eigenvalue weighted by atomic mass is 10.0. The number of carbonyl (C=O) groups is 2. The Kier molecular flexibility index (Phi) is 8.31. The molecule has 2 heterocycles. The third-order valence-electron chi connectivity index (χ3n) is 6.69. The first-order chi connectivity index (χ1) is 18.5.